The highest BCUT2D eigenvalue weighted by molar-refractivity contribution is 6.04. The summed E-state index contributed by atoms with van der Waals surface area (Å²) in [4.78, 5) is 56.3. The average Bonchev–Trinajstić information content (AvgIpc) is 2.87. The van der Waals surface area contributed by atoms with E-state index in [1.807, 2.05) is 0 Å². The largest absolute Gasteiger partial charge is 0.478 e. The first-order chi connectivity index (χ1) is 17.5. The van der Waals surface area contributed by atoms with E-state index in [1.54, 1.807) is 38.1 Å². The van der Waals surface area contributed by atoms with Crippen molar-refractivity contribution >= 4 is 29.5 Å². The maximum atomic E-state index is 12.2. The number of carbonyl (C=O) groups is 4. The van der Waals surface area contributed by atoms with E-state index in [0.29, 0.717) is 11.4 Å². The fraction of sp³-hybridized carbons (Fsp3) is 0.200. The molecule has 0 spiro atoms. The number of nitrogens with zero attached hydrogens (tertiary/aromatic N) is 1. The fourth-order valence-corrected chi connectivity index (χ4v) is 3.24. The number of nitrogens with one attached hydrogen (secondary N) is 2. The zero-order chi connectivity index (χ0) is 27.5. The quantitative estimate of drug-likeness (QED) is 0.178. The number of dihydropyridines is 1. The van der Waals surface area contributed by atoms with Gasteiger partial charge in [0.1, 0.15) is 6.61 Å². The van der Waals surface area contributed by atoms with Crippen LogP contribution in [0.1, 0.15) is 41.0 Å². The number of allylic oxidation sites excluding steroid dienone is 2. The minimum absolute atomic E-state index is 0.00284. The maximum absolute atomic E-state index is 12.2. The van der Waals surface area contributed by atoms with Crippen molar-refractivity contribution in [2.45, 2.75) is 20.3 Å². The first-order valence-electron chi connectivity index (χ1n) is 10.9. The van der Waals surface area contributed by atoms with Crippen LogP contribution in [0.3, 0.4) is 0 Å². The van der Waals surface area contributed by atoms with Gasteiger partial charge in [-0.2, -0.15) is 0 Å². The van der Waals surface area contributed by atoms with E-state index in [4.69, 9.17) is 9.84 Å². The molecule has 0 aliphatic carbocycles. The molecule has 2 aromatic rings. The Bertz CT molecular complexity index is 1270. The minimum atomic E-state index is -1.22. The second-order valence-corrected chi connectivity index (χ2v) is 7.65. The Morgan fingerprint density at radius 1 is 0.919 bits per heavy atom. The summed E-state index contributed by atoms with van der Waals surface area (Å²) >= 11 is 0. The summed E-state index contributed by atoms with van der Waals surface area (Å²) in [6, 6.07) is 13.7. The smallest absolute Gasteiger partial charge is 0.336 e. The Morgan fingerprint density at radius 2 is 1.49 bits per heavy atom. The topological polar surface area (TPSA) is 185 Å². The van der Waals surface area contributed by atoms with Crippen LogP contribution in [-0.4, -0.2) is 52.1 Å². The Balaban J connectivity index is 0.000000449. The van der Waals surface area contributed by atoms with Gasteiger partial charge in [-0.1, -0.05) is 30.3 Å². The number of aliphatic carboxylic acids is 1. The van der Waals surface area contributed by atoms with E-state index < -0.39 is 28.7 Å². The van der Waals surface area contributed by atoms with Gasteiger partial charge < -0.3 is 25.6 Å². The molecular formula is C25H25N3O9. The van der Waals surface area contributed by atoms with Gasteiger partial charge in [-0.15, -0.1) is 0 Å². The summed E-state index contributed by atoms with van der Waals surface area (Å²) in [5.41, 5.74) is 1.26. The molecule has 0 aromatic heterocycles. The number of non-ortho nitro benzene ring substituents is 1. The third-order valence-corrected chi connectivity index (χ3v) is 5.13. The molecule has 1 amide bonds. The summed E-state index contributed by atoms with van der Waals surface area (Å²) in [5, 5.41) is 33.6. The lowest BCUT2D eigenvalue weighted by atomic mass is 9.98. The first-order valence-corrected chi connectivity index (χ1v) is 10.9. The molecule has 0 saturated heterocycles. The Hall–Kier alpha value is -5.00. The van der Waals surface area contributed by atoms with Crippen molar-refractivity contribution in [3.8, 4) is 0 Å². The second-order valence-electron chi connectivity index (χ2n) is 7.65. The number of nitro benzene ring substituents is 1. The second kappa shape index (κ2) is 13.2. The summed E-state index contributed by atoms with van der Waals surface area (Å²) in [7, 11) is 0. The SMILES string of the molecule is CC1=C(C(=O)O)CC(C(=O)OCCNC(=O)c2ccccc2C(=O)O)=C(C)N1.O=[N+]([O-])c1ccccc1. The molecule has 0 unspecified atom stereocenters. The Kier molecular flexibility index (Phi) is 10.1. The molecule has 0 radical (unpaired) electrons. The first kappa shape index (κ1) is 28.2. The zero-order valence-electron chi connectivity index (χ0n) is 20.0. The van der Waals surface area contributed by atoms with Gasteiger partial charge >= 0.3 is 17.9 Å². The van der Waals surface area contributed by atoms with E-state index in [9.17, 15) is 34.4 Å². The predicted octanol–water partition coefficient (Wildman–Crippen LogP) is 2.88. The number of benzene rings is 2. The van der Waals surface area contributed by atoms with Crippen LogP contribution in [0.15, 0.2) is 77.1 Å². The molecular weight excluding hydrogens is 486 g/mol. The van der Waals surface area contributed by atoms with Crippen molar-refractivity contribution in [2.75, 3.05) is 13.2 Å². The van der Waals surface area contributed by atoms with Crippen LogP contribution in [0.2, 0.25) is 0 Å². The number of para-hydroxylation sites is 1. The van der Waals surface area contributed by atoms with Crippen molar-refractivity contribution in [1.29, 1.82) is 0 Å². The molecule has 2 aromatic carbocycles. The van der Waals surface area contributed by atoms with Gasteiger partial charge in [0.05, 0.1) is 33.7 Å². The number of esters is 1. The molecule has 0 fully saturated rings. The molecule has 12 nitrogen and oxygen atoms in total. The number of hydrogen-bond donors (Lipinski definition) is 4. The molecule has 1 aliphatic rings. The molecule has 3 rings (SSSR count). The van der Waals surface area contributed by atoms with Crippen LogP contribution >= 0.6 is 0 Å². The van der Waals surface area contributed by atoms with E-state index in [2.05, 4.69) is 10.6 Å². The van der Waals surface area contributed by atoms with Crippen molar-refractivity contribution < 1.29 is 39.1 Å². The highest BCUT2D eigenvalue weighted by Crippen LogP contribution is 2.23. The summed E-state index contributed by atoms with van der Waals surface area (Å²) in [5.74, 6) is -3.62. The lowest BCUT2D eigenvalue weighted by molar-refractivity contribution is -0.384. The van der Waals surface area contributed by atoms with E-state index >= 15 is 0 Å². The third kappa shape index (κ3) is 8.02. The number of hydrogen-bond acceptors (Lipinski definition) is 8. The number of carboxylic acids is 2. The number of ether oxygens (including phenoxy) is 1. The normalized spacial score (nSPS) is 12.5. The number of carboxylic acid groups (broad SMARTS) is 2. The average molecular weight is 511 g/mol. The molecule has 12 heteroatoms. The molecule has 1 heterocycles. The standard InChI is InChI=1S/C19H20N2O7.C6H5NO2/c1-10-14(18(25)26)9-15(11(2)21-10)19(27)28-8-7-20-16(22)12-5-3-4-6-13(12)17(23)24;8-7(9)6-4-2-1-3-5-6/h3-6,21H,7-9H2,1-2H3,(H,20,22)(H,23,24)(H,25,26);1-5H. The number of carbonyl (C=O) groups excluding carboxylic acids is 2. The molecule has 0 saturated carbocycles. The van der Waals surface area contributed by atoms with Gasteiger partial charge in [-0.3, -0.25) is 14.9 Å². The van der Waals surface area contributed by atoms with Crippen molar-refractivity contribution in [1.82, 2.24) is 10.6 Å². The third-order valence-electron chi connectivity index (χ3n) is 5.13. The highest BCUT2D eigenvalue weighted by Gasteiger charge is 2.25. The van der Waals surface area contributed by atoms with Gasteiger partial charge in [0, 0.05) is 29.9 Å². The summed E-state index contributed by atoms with van der Waals surface area (Å²) < 4.78 is 5.10. The minimum Gasteiger partial charge on any atom is -0.478 e. The predicted molar refractivity (Wildman–Crippen MR) is 131 cm³/mol. The molecule has 37 heavy (non-hydrogen) atoms. The van der Waals surface area contributed by atoms with E-state index in [1.165, 1.54) is 30.3 Å². The van der Waals surface area contributed by atoms with Crippen LogP contribution in [-0.2, 0) is 14.3 Å². The van der Waals surface area contributed by atoms with Gasteiger partial charge in [-0.05, 0) is 26.0 Å². The van der Waals surface area contributed by atoms with Crippen LogP contribution in [0, 0.1) is 10.1 Å². The van der Waals surface area contributed by atoms with Gasteiger partial charge in [0.2, 0.25) is 0 Å². The highest BCUT2D eigenvalue weighted by atomic mass is 16.6. The lowest BCUT2D eigenvalue weighted by Gasteiger charge is -2.21. The monoisotopic (exact) mass is 511 g/mol. The number of nitro groups is 1. The molecule has 0 atom stereocenters. The summed E-state index contributed by atoms with van der Waals surface area (Å²) in [6.07, 6.45) is -0.0584. The summed E-state index contributed by atoms with van der Waals surface area (Å²) in [6.45, 7) is 3.07. The number of aromatic carboxylic acids is 1. The van der Waals surface area contributed by atoms with Gasteiger partial charge in [-0.25, -0.2) is 14.4 Å². The van der Waals surface area contributed by atoms with Crippen molar-refractivity contribution in [3.05, 3.63) is 98.4 Å². The van der Waals surface area contributed by atoms with Crippen LogP contribution in [0.25, 0.3) is 0 Å². The maximum Gasteiger partial charge on any atom is 0.336 e. The number of rotatable bonds is 8. The Labute approximate surface area is 211 Å². The van der Waals surface area contributed by atoms with Crippen LogP contribution in [0.5, 0.6) is 0 Å². The van der Waals surface area contributed by atoms with E-state index in [-0.39, 0.29) is 47.5 Å². The molecule has 4 N–H and O–H groups in total. The van der Waals surface area contributed by atoms with Crippen molar-refractivity contribution in [2.24, 2.45) is 0 Å². The molecule has 0 bridgehead atoms. The number of amides is 1. The van der Waals surface area contributed by atoms with Gasteiger partial charge in [0.15, 0.2) is 0 Å². The Morgan fingerprint density at radius 3 is 2.03 bits per heavy atom. The van der Waals surface area contributed by atoms with Crippen LogP contribution < -0.4 is 10.6 Å². The van der Waals surface area contributed by atoms with E-state index in [0.717, 1.165) is 0 Å². The zero-order valence-corrected chi connectivity index (χ0v) is 20.0. The fourth-order valence-electron chi connectivity index (χ4n) is 3.24. The van der Waals surface area contributed by atoms with Crippen molar-refractivity contribution in [3.63, 3.8) is 0 Å². The molecule has 1 aliphatic heterocycles. The lowest BCUT2D eigenvalue weighted by Crippen LogP contribution is -2.30. The van der Waals surface area contributed by atoms with Gasteiger partial charge in [0.25, 0.3) is 11.6 Å². The molecule has 194 valence electrons. The van der Waals surface area contributed by atoms with Crippen LogP contribution in [0.4, 0.5) is 5.69 Å².